The summed E-state index contributed by atoms with van der Waals surface area (Å²) in [5, 5.41) is 2.85. The van der Waals surface area contributed by atoms with Gasteiger partial charge in [-0.3, -0.25) is 4.79 Å². The standard InChI is InChI=1S/C22H23F2N3O4/c23-18-8-7-16(13-19(18)24)20(28)26-10-12-31-22(14-26)15-27(9-4-11-30-22)21(29)25-17-5-2-1-3-6-17/h1-3,5-8,13H,4,9-12,14-15H2,(H,25,29). The third-order valence-electron chi connectivity index (χ3n) is 5.29. The van der Waals surface area contributed by atoms with Gasteiger partial charge in [-0.05, 0) is 36.8 Å². The van der Waals surface area contributed by atoms with Crippen molar-refractivity contribution in [1.29, 1.82) is 0 Å². The highest BCUT2D eigenvalue weighted by Crippen LogP contribution is 2.26. The first-order valence-electron chi connectivity index (χ1n) is 10.1. The summed E-state index contributed by atoms with van der Waals surface area (Å²) in [7, 11) is 0. The molecule has 2 aliphatic heterocycles. The first-order chi connectivity index (χ1) is 15.0. The number of ether oxygens (including phenoxy) is 2. The molecule has 164 valence electrons. The topological polar surface area (TPSA) is 71.1 Å². The molecule has 31 heavy (non-hydrogen) atoms. The summed E-state index contributed by atoms with van der Waals surface area (Å²) in [6, 6.07) is 11.9. The number of anilines is 1. The Bertz CT molecular complexity index is 959. The Hall–Kier alpha value is -3.04. The van der Waals surface area contributed by atoms with Gasteiger partial charge >= 0.3 is 6.03 Å². The van der Waals surface area contributed by atoms with Gasteiger partial charge in [-0.15, -0.1) is 0 Å². The molecule has 1 atom stereocenters. The first kappa shape index (κ1) is 21.2. The van der Waals surface area contributed by atoms with E-state index in [1.54, 1.807) is 17.0 Å². The molecule has 0 aliphatic carbocycles. The number of hydrogen-bond donors (Lipinski definition) is 1. The molecule has 2 saturated heterocycles. The van der Waals surface area contributed by atoms with Gasteiger partial charge in [-0.1, -0.05) is 18.2 Å². The van der Waals surface area contributed by atoms with E-state index < -0.39 is 23.3 Å². The van der Waals surface area contributed by atoms with E-state index in [0.29, 0.717) is 25.3 Å². The number of nitrogens with one attached hydrogen (secondary N) is 1. The highest BCUT2D eigenvalue weighted by atomic mass is 19.2. The van der Waals surface area contributed by atoms with Crippen LogP contribution in [0.2, 0.25) is 0 Å². The zero-order valence-corrected chi connectivity index (χ0v) is 16.9. The van der Waals surface area contributed by atoms with E-state index in [1.165, 1.54) is 11.0 Å². The number of amides is 3. The summed E-state index contributed by atoms with van der Waals surface area (Å²) in [5.74, 6) is -3.73. The second kappa shape index (κ2) is 8.99. The van der Waals surface area contributed by atoms with Gasteiger partial charge in [0.05, 0.1) is 26.3 Å². The lowest BCUT2D eigenvalue weighted by molar-refractivity contribution is -0.258. The normalized spacial score (nSPS) is 21.6. The Kier molecular flexibility index (Phi) is 6.15. The molecule has 2 heterocycles. The lowest BCUT2D eigenvalue weighted by Crippen LogP contribution is -2.60. The fraction of sp³-hybridized carbons (Fsp3) is 0.364. The number of hydrogen-bond acceptors (Lipinski definition) is 4. The molecule has 0 radical (unpaired) electrons. The van der Waals surface area contributed by atoms with Crippen molar-refractivity contribution in [3.8, 4) is 0 Å². The highest BCUT2D eigenvalue weighted by Gasteiger charge is 2.43. The van der Waals surface area contributed by atoms with E-state index in [1.807, 2.05) is 18.2 Å². The molecule has 2 aromatic rings. The van der Waals surface area contributed by atoms with Crippen molar-refractivity contribution in [3.05, 3.63) is 65.7 Å². The molecule has 0 aromatic heterocycles. The van der Waals surface area contributed by atoms with Crippen molar-refractivity contribution in [3.63, 3.8) is 0 Å². The van der Waals surface area contributed by atoms with Gasteiger partial charge in [-0.25, -0.2) is 13.6 Å². The minimum Gasteiger partial charge on any atom is -0.347 e. The smallest absolute Gasteiger partial charge is 0.322 e. The van der Waals surface area contributed by atoms with Gasteiger partial charge in [0.15, 0.2) is 11.6 Å². The summed E-state index contributed by atoms with van der Waals surface area (Å²) in [6.07, 6.45) is 0.616. The second-order valence-corrected chi connectivity index (χ2v) is 7.53. The number of carbonyl (C=O) groups is 2. The van der Waals surface area contributed by atoms with Crippen LogP contribution in [0.25, 0.3) is 0 Å². The van der Waals surface area contributed by atoms with Gasteiger partial charge in [0, 0.05) is 24.3 Å². The Morgan fingerprint density at radius 1 is 0.903 bits per heavy atom. The predicted octanol–water partition coefficient (Wildman–Crippen LogP) is 3.09. The Morgan fingerprint density at radius 2 is 1.65 bits per heavy atom. The molecule has 7 nitrogen and oxygen atoms in total. The van der Waals surface area contributed by atoms with Crippen LogP contribution in [-0.2, 0) is 9.47 Å². The Morgan fingerprint density at radius 3 is 2.42 bits per heavy atom. The van der Waals surface area contributed by atoms with Crippen LogP contribution >= 0.6 is 0 Å². The molecule has 9 heteroatoms. The number of halogens is 2. The maximum absolute atomic E-state index is 13.6. The van der Waals surface area contributed by atoms with Crippen LogP contribution in [0.3, 0.4) is 0 Å². The average Bonchev–Trinajstić information content (AvgIpc) is 2.98. The SMILES string of the molecule is O=C(Nc1ccccc1)N1CCCOC2(C1)CN(C(=O)c1ccc(F)c(F)c1)CCO2. The minimum atomic E-state index is -1.18. The number of urea groups is 1. The number of carbonyl (C=O) groups excluding carboxylic acids is 2. The molecular weight excluding hydrogens is 408 g/mol. The van der Waals surface area contributed by atoms with Crippen LogP contribution in [0.5, 0.6) is 0 Å². The fourth-order valence-corrected chi connectivity index (χ4v) is 3.75. The summed E-state index contributed by atoms with van der Waals surface area (Å²) < 4.78 is 38.7. The average molecular weight is 431 g/mol. The molecule has 0 bridgehead atoms. The first-order valence-corrected chi connectivity index (χ1v) is 10.1. The maximum atomic E-state index is 13.6. The Labute approximate surface area is 178 Å². The van der Waals surface area contributed by atoms with Crippen LogP contribution in [0, 0.1) is 11.6 Å². The zero-order chi connectivity index (χ0) is 21.8. The summed E-state index contributed by atoms with van der Waals surface area (Å²) in [5.41, 5.74) is 0.717. The lowest BCUT2D eigenvalue weighted by atomic mass is 10.1. The number of rotatable bonds is 2. The Balaban J connectivity index is 1.48. The molecule has 3 amide bonds. The fourth-order valence-electron chi connectivity index (χ4n) is 3.75. The third-order valence-corrected chi connectivity index (χ3v) is 5.29. The molecule has 1 N–H and O–H groups in total. The van der Waals surface area contributed by atoms with E-state index in [4.69, 9.17) is 9.47 Å². The molecule has 2 aliphatic rings. The highest BCUT2D eigenvalue weighted by molar-refractivity contribution is 5.94. The molecule has 2 aromatic carbocycles. The van der Waals surface area contributed by atoms with Gasteiger partial charge in [0.25, 0.3) is 5.91 Å². The molecular formula is C22H23F2N3O4. The van der Waals surface area contributed by atoms with Crippen molar-refractivity contribution in [2.45, 2.75) is 12.2 Å². The van der Waals surface area contributed by atoms with E-state index in [-0.39, 0.29) is 37.8 Å². The second-order valence-electron chi connectivity index (χ2n) is 7.53. The number of morpholine rings is 1. The van der Waals surface area contributed by atoms with Crippen LogP contribution in [0.15, 0.2) is 48.5 Å². The van der Waals surface area contributed by atoms with Gasteiger partial charge in [-0.2, -0.15) is 0 Å². The summed E-state index contributed by atoms with van der Waals surface area (Å²) >= 11 is 0. The zero-order valence-electron chi connectivity index (χ0n) is 16.9. The molecule has 0 saturated carbocycles. The van der Waals surface area contributed by atoms with Crippen molar-refractivity contribution < 1.29 is 27.8 Å². The van der Waals surface area contributed by atoms with Crippen LogP contribution < -0.4 is 5.32 Å². The van der Waals surface area contributed by atoms with Gasteiger partial charge < -0.3 is 24.6 Å². The van der Waals surface area contributed by atoms with Gasteiger partial charge in [0.1, 0.15) is 0 Å². The largest absolute Gasteiger partial charge is 0.347 e. The van der Waals surface area contributed by atoms with Gasteiger partial charge in [0.2, 0.25) is 5.79 Å². The quantitative estimate of drug-likeness (QED) is 0.794. The van der Waals surface area contributed by atoms with E-state index >= 15 is 0 Å². The molecule has 4 rings (SSSR count). The minimum absolute atomic E-state index is 0.0447. The number of benzene rings is 2. The molecule has 1 spiro atoms. The van der Waals surface area contributed by atoms with E-state index in [9.17, 15) is 18.4 Å². The van der Waals surface area contributed by atoms with Crippen molar-refractivity contribution in [1.82, 2.24) is 9.80 Å². The number of para-hydroxylation sites is 1. The van der Waals surface area contributed by atoms with Crippen LogP contribution in [-0.4, -0.2) is 66.9 Å². The van der Waals surface area contributed by atoms with Crippen molar-refractivity contribution in [2.75, 3.05) is 44.7 Å². The molecule has 2 fully saturated rings. The van der Waals surface area contributed by atoms with E-state index in [2.05, 4.69) is 5.32 Å². The number of nitrogens with zero attached hydrogens (tertiary/aromatic N) is 2. The molecule has 1 unspecified atom stereocenters. The van der Waals surface area contributed by atoms with Crippen LogP contribution in [0.1, 0.15) is 16.8 Å². The van der Waals surface area contributed by atoms with Crippen molar-refractivity contribution >= 4 is 17.6 Å². The summed E-state index contributed by atoms with van der Waals surface area (Å²) in [6.45, 7) is 1.51. The predicted molar refractivity (Wildman–Crippen MR) is 109 cm³/mol. The van der Waals surface area contributed by atoms with E-state index in [0.717, 1.165) is 12.1 Å². The lowest BCUT2D eigenvalue weighted by Gasteiger charge is -2.43. The third kappa shape index (κ3) is 4.83. The maximum Gasteiger partial charge on any atom is 0.322 e. The monoisotopic (exact) mass is 431 g/mol. The van der Waals surface area contributed by atoms with Crippen LogP contribution in [0.4, 0.5) is 19.3 Å². The summed E-state index contributed by atoms with van der Waals surface area (Å²) in [4.78, 5) is 28.7. The van der Waals surface area contributed by atoms with Crippen molar-refractivity contribution in [2.24, 2.45) is 0 Å².